The Bertz CT molecular complexity index is 1030. The zero-order valence-electron chi connectivity index (χ0n) is 14.4. The van der Waals surface area contributed by atoms with Gasteiger partial charge in [-0.05, 0) is 26.0 Å². The molecule has 0 saturated carbocycles. The van der Waals surface area contributed by atoms with E-state index in [-0.39, 0.29) is 40.9 Å². The number of carbonyl (C=O) groups excluding carboxylic acids is 1. The average Bonchev–Trinajstić information content (AvgIpc) is 3.00. The number of oxime groups is 1. The molecule has 1 unspecified atom stereocenters. The highest BCUT2D eigenvalue weighted by Gasteiger charge is 2.22. The van der Waals surface area contributed by atoms with Crippen LogP contribution in [-0.4, -0.2) is 31.2 Å². The van der Waals surface area contributed by atoms with Gasteiger partial charge in [-0.15, -0.1) is 5.16 Å². The van der Waals surface area contributed by atoms with Crippen LogP contribution >= 0.6 is 0 Å². The number of aromatic nitrogens is 3. The molecular weight excluding hydrogens is 320 g/mol. The third kappa shape index (κ3) is 2.82. The summed E-state index contributed by atoms with van der Waals surface area (Å²) in [5.74, 6) is -0.500. The van der Waals surface area contributed by atoms with Crippen molar-refractivity contribution in [2.45, 2.75) is 33.2 Å². The Morgan fingerprint density at radius 2 is 1.96 bits per heavy atom. The van der Waals surface area contributed by atoms with Gasteiger partial charge in [-0.3, -0.25) is 14.0 Å². The van der Waals surface area contributed by atoms with Crippen LogP contribution in [0.5, 0.6) is 0 Å². The predicted octanol–water partition coefficient (Wildman–Crippen LogP) is 2.90. The third-order valence-electron chi connectivity index (χ3n) is 4.20. The first kappa shape index (κ1) is 16.9. The molecule has 0 spiro atoms. The van der Waals surface area contributed by atoms with Crippen LogP contribution in [0.2, 0.25) is 0 Å². The van der Waals surface area contributed by atoms with Gasteiger partial charge in [0.25, 0.3) is 5.56 Å². The number of nitrogens with zero attached hydrogens (tertiary/aromatic N) is 4. The molecule has 7 nitrogen and oxygen atoms in total. The maximum absolute atomic E-state index is 13.1. The number of fused-ring (bicyclic) bond motifs is 3. The van der Waals surface area contributed by atoms with Crippen molar-refractivity contribution in [2.75, 3.05) is 0 Å². The van der Waals surface area contributed by atoms with E-state index in [4.69, 9.17) is 5.21 Å². The van der Waals surface area contributed by atoms with Crippen LogP contribution in [0.3, 0.4) is 0 Å². The summed E-state index contributed by atoms with van der Waals surface area (Å²) in [4.78, 5) is 29.9. The summed E-state index contributed by atoms with van der Waals surface area (Å²) >= 11 is 0. The summed E-state index contributed by atoms with van der Waals surface area (Å²) in [6.45, 7) is 5.63. The number of rotatable bonds is 5. The maximum atomic E-state index is 13.1. The molecule has 130 valence electrons. The summed E-state index contributed by atoms with van der Waals surface area (Å²) in [5.41, 5.74) is 1.82. The van der Waals surface area contributed by atoms with Gasteiger partial charge in [-0.1, -0.05) is 19.1 Å². The van der Waals surface area contributed by atoms with E-state index in [9.17, 15) is 9.59 Å². The predicted molar refractivity (Wildman–Crippen MR) is 95.7 cm³/mol. The molecule has 2 aromatic heterocycles. The van der Waals surface area contributed by atoms with E-state index in [2.05, 4.69) is 10.1 Å². The van der Waals surface area contributed by atoms with Crippen molar-refractivity contribution in [3.05, 3.63) is 46.6 Å². The normalized spacial score (nSPS) is 13.3. The van der Waals surface area contributed by atoms with Crippen molar-refractivity contribution >= 4 is 28.5 Å². The molecule has 1 atom stereocenters. The number of para-hydroxylation sites is 2. The molecule has 0 fully saturated rings. The molecule has 0 bridgehead atoms. The van der Waals surface area contributed by atoms with Gasteiger partial charge in [0.1, 0.15) is 17.5 Å². The van der Waals surface area contributed by atoms with E-state index in [1.165, 1.54) is 12.5 Å². The Hall–Kier alpha value is -2.96. The van der Waals surface area contributed by atoms with Gasteiger partial charge in [0.2, 0.25) is 0 Å². The largest absolute Gasteiger partial charge is 0.411 e. The first-order chi connectivity index (χ1) is 12.0. The molecule has 2 heterocycles. The number of hydrogen-bond donors (Lipinski definition) is 1. The highest BCUT2D eigenvalue weighted by Crippen LogP contribution is 2.20. The fourth-order valence-electron chi connectivity index (χ4n) is 3.10. The fourth-order valence-corrected chi connectivity index (χ4v) is 3.10. The molecule has 0 saturated heterocycles. The number of carbonyl (C=O) groups is 1. The zero-order valence-corrected chi connectivity index (χ0v) is 14.4. The number of benzene rings is 1. The first-order valence-electron chi connectivity index (χ1n) is 8.16. The van der Waals surface area contributed by atoms with Crippen LogP contribution in [0.25, 0.3) is 16.6 Å². The van der Waals surface area contributed by atoms with Gasteiger partial charge in [0, 0.05) is 24.6 Å². The van der Waals surface area contributed by atoms with Crippen molar-refractivity contribution in [2.24, 2.45) is 11.1 Å². The topological polar surface area (TPSA) is 89.0 Å². The Balaban J connectivity index is 2.27. The molecule has 0 radical (unpaired) electrons. The molecule has 0 aliphatic carbocycles. The average molecular weight is 340 g/mol. The standard InChI is InChI=1S/C18H20N4O3/c1-11(2)22-14-7-5-4-6-13(14)21-10-19-16(17(21)18(22)24)15(23)8-12(3)9-20-25/h4-7,9-12,25H,8H2,1-3H3/b20-9-. The number of imidazole rings is 1. The summed E-state index contributed by atoms with van der Waals surface area (Å²) in [5, 5.41) is 11.6. The van der Waals surface area contributed by atoms with E-state index in [0.29, 0.717) is 0 Å². The minimum absolute atomic E-state index is 0.0549. The fraction of sp³-hybridized carbons (Fsp3) is 0.333. The van der Waals surface area contributed by atoms with Crippen molar-refractivity contribution in [3.63, 3.8) is 0 Å². The van der Waals surface area contributed by atoms with Crippen LogP contribution in [0, 0.1) is 5.92 Å². The molecule has 3 rings (SSSR count). The van der Waals surface area contributed by atoms with Crippen molar-refractivity contribution in [1.29, 1.82) is 0 Å². The lowest BCUT2D eigenvalue weighted by Gasteiger charge is -2.15. The zero-order chi connectivity index (χ0) is 18.1. The summed E-state index contributed by atoms with van der Waals surface area (Å²) in [7, 11) is 0. The van der Waals surface area contributed by atoms with Gasteiger partial charge < -0.3 is 9.77 Å². The van der Waals surface area contributed by atoms with Crippen LogP contribution < -0.4 is 5.56 Å². The molecular formula is C18H20N4O3. The Morgan fingerprint density at radius 1 is 1.28 bits per heavy atom. The molecule has 0 amide bonds. The quantitative estimate of drug-likeness (QED) is 0.335. The minimum atomic E-state index is -0.252. The highest BCUT2D eigenvalue weighted by atomic mass is 16.4. The lowest BCUT2D eigenvalue weighted by Crippen LogP contribution is -2.25. The third-order valence-corrected chi connectivity index (χ3v) is 4.20. The highest BCUT2D eigenvalue weighted by molar-refractivity contribution is 6.02. The summed E-state index contributed by atoms with van der Waals surface area (Å²) in [6.07, 6.45) is 2.92. The van der Waals surface area contributed by atoms with Gasteiger partial charge in [0.15, 0.2) is 5.78 Å². The smallest absolute Gasteiger partial charge is 0.278 e. The summed E-state index contributed by atoms with van der Waals surface area (Å²) < 4.78 is 3.36. The van der Waals surface area contributed by atoms with Crippen molar-refractivity contribution < 1.29 is 10.0 Å². The van der Waals surface area contributed by atoms with E-state index < -0.39 is 0 Å². The second-order valence-electron chi connectivity index (χ2n) is 6.44. The summed E-state index contributed by atoms with van der Waals surface area (Å²) in [6, 6.07) is 7.50. The molecule has 25 heavy (non-hydrogen) atoms. The first-order valence-corrected chi connectivity index (χ1v) is 8.16. The van der Waals surface area contributed by atoms with E-state index >= 15 is 0 Å². The van der Waals surface area contributed by atoms with Gasteiger partial charge in [0.05, 0.1) is 11.0 Å². The van der Waals surface area contributed by atoms with E-state index in [0.717, 1.165) is 11.0 Å². The van der Waals surface area contributed by atoms with E-state index in [1.54, 1.807) is 15.9 Å². The Labute approximate surface area is 144 Å². The van der Waals surface area contributed by atoms with Crippen LogP contribution in [0.4, 0.5) is 0 Å². The van der Waals surface area contributed by atoms with Gasteiger partial charge in [-0.2, -0.15) is 0 Å². The van der Waals surface area contributed by atoms with Gasteiger partial charge in [-0.25, -0.2) is 4.98 Å². The minimum Gasteiger partial charge on any atom is -0.411 e. The van der Waals surface area contributed by atoms with Crippen molar-refractivity contribution in [1.82, 2.24) is 14.0 Å². The Kier molecular flexibility index (Phi) is 4.39. The molecule has 7 heteroatoms. The van der Waals surface area contributed by atoms with Gasteiger partial charge >= 0.3 is 0 Å². The lowest BCUT2D eigenvalue weighted by molar-refractivity contribution is 0.0971. The lowest BCUT2D eigenvalue weighted by atomic mass is 10.0. The molecule has 1 N–H and O–H groups in total. The van der Waals surface area contributed by atoms with E-state index in [1.807, 2.05) is 38.1 Å². The monoisotopic (exact) mass is 340 g/mol. The molecule has 0 aliphatic heterocycles. The molecule has 3 aromatic rings. The number of hydrogen-bond acceptors (Lipinski definition) is 5. The SMILES string of the molecule is CC(/C=N\O)CC(=O)c1ncn2c1c(=O)n(C(C)C)c1ccccc12. The second kappa shape index (κ2) is 6.51. The molecule has 1 aromatic carbocycles. The van der Waals surface area contributed by atoms with Crippen LogP contribution in [-0.2, 0) is 0 Å². The second-order valence-corrected chi connectivity index (χ2v) is 6.44. The maximum Gasteiger partial charge on any atom is 0.278 e. The van der Waals surface area contributed by atoms with Crippen molar-refractivity contribution in [3.8, 4) is 0 Å². The Morgan fingerprint density at radius 3 is 2.60 bits per heavy atom. The molecule has 0 aliphatic rings. The number of Topliss-reactive ketones (excluding diaryl/α,β-unsaturated/α-hetero) is 1. The van der Waals surface area contributed by atoms with Crippen LogP contribution in [0.15, 0.2) is 40.5 Å². The van der Waals surface area contributed by atoms with Crippen LogP contribution in [0.1, 0.15) is 43.7 Å². The number of ketones is 1.